The van der Waals surface area contributed by atoms with Crippen LogP contribution in [0.5, 0.6) is 0 Å². The van der Waals surface area contributed by atoms with Gasteiger partial charge in [-0.1, -0.05) is 11.6 Å². The molecule has 1 aromatic rings. The van der Waals surface area contributed by atoms with Crippen molar-refractivity contribution >= 4 is 17.4 Å². The van der Waals surface area contributed by atoms with E-state index in [1.165, 1.54) is 6.42 Å². The first kappa shape index (κ1) is 13.6. The van der Waals surface area contributed by atoms with Crippen LogP contribution in [0.25, 0.3) is 0 Å². The highest BCUT2D eigenvalue weighted by molar-refractivity contribution is 6.33. The quantitative estimate of drug-likeness (QED) is 0.909. The molecule has 1 aliphatic heterocycles. The Balaban J connectivity index is 2.01. The molecule has 1 unspecified atom stereocenters. The SMILES string of the molecule is CN(CC1CCCOC1)c1ncc(CN)cc1Cl. The summed E-state index contributed by atoms with van der Waals surface area (Å²) in [6.07, 6.45) is 4.14. The minimum atomic E-state index is 0.465. The Labute approximate surface area is 113 Å². The summed E-state index contributed by atoms with van der Waals surface area (Å²) in [6, 6.07) is 1.89. The van der Waals surface area contributed by atoms with Gasteiger partial charge >= 0.3 is 0 Å². The zero-order valence-electron chi connectivity index (χ0n) is 10.7. The molecule has 5 heteroatoms. The second-order valence-electron chi connectivity index (χ2n) is 4.82. The van der Waals surface area contributed by atoms with E-state index in [0.717, 1.165) is 37.6 Å². The summed E-state index contributed by atoms with van der Waals surface area (Å²) < 4.78 is 5.49. The highest BCUT2D eigenvalue weighted by Crippen LogP contribution is 2.25. The molecule has 100 valence electrons. The van der Waals surface area contributed by atoms with Crippen LogP contribution in [0.3, 0.4) is 0 Å². The van der Waals surface area contributed by atoms with E-state index in [-0.39, 0.29) is 0 Å². The summed E-state index contributed by atoms with van der Waals surface area (Å²) in [4.78, 5) is 6.49. The fraction of sp³-hybridized carbons (Fsp3) is 0.615. The lowest BCUT2D eigenvalue weighted by atomic mass is 10.0. The molecular weight excluding hydrogens is 250 g/mol. The number of nitrogens with zero attached hydrogens (tertiary/aromatic N) is 2. The molecule has 1 atom stereocenters. The van der Waals surface area contributed by atoms with Crippen molar-refractivity contribution in [3.63, 3.8) is 0 Å². The van der Waals surface area contributed by atoms with Gasteiger partial charge in [-0.05, 0) is 30.4 Å². The maximum absolute atomic E-state index is 6.23. The molecule has 2 heterocycles. The topological polar surface area (TPSA) is 51.4 Å². The Morgan fingerprint density at radius 2 is 2.44 bits per heavy atom. The van der Waals surface area contributed by atoms with Gasteiger partial charge in [-0.3, -0.25) is 0 Å². The molecule has 2 N–H and O–H groups in total. The molecule has 1 aromatic heterocycles. The van der Waals surface area contributed by atoms with Crippen molar-refractivity contribution in [1.29, 1.82) is 0 Å². The lowest BCUT2D eigenvalue weighted by Crippen LogP contribution is -2.31. The molecule has 0 spiro atoms. The molecule has 1 saturated heterocycles. The molecule has 2 rings (SSSR count). The number of ether oxygens (including phenoxy) is 1. The first-order valence-electron chi connectivity index (χ1n) is 6.34. The molecule has 0 amide bonds. The predicted molar refractivity (Wildman–Crippen MR) is 74.0 cm³/mol. The smallest absolute Gasteiger partial charge is 0.147 e. The second kappa shape index (κ2) is 6.36. The van der Waals surface area contributed by atoms with Gasteiger partial charge in [-0.15, -0.1) is 0 Å². The first-order chi connectivity index (χ1) is 8.70. The van der Waals surface area contributed by atoms with Gasteiger partial charge in [0, 0.05) is 32.9 Å². The van der Waals surface area contributed by atoms with Crippen molar-refractivity contribution < 1.29 is 4.74 Å². The van der Waals surface area contributed by atoms with Crippen LogP contribution in [0.2, 0.25) is 5.02 Å². The highest BCUT2D eigenvalue weighted by Gasteiger charge is 2.18. The van der Waals surface area contributed by atoms with Crippen molar-refractivity contribution in [3.8, 4) is 0 Å². The maximum atomic E-state index is 6.23. The van der Waals surface area contributed by atoms with Crippen LogP contribution in [0.1, 0.15) is 18.4 Å². The molecule has 1 aliphatic rings. The molecular formula is C13H20ClN3O. The largest absolute Gasteiger partial charge is 0.381 e. The van der Waals surface area contributed by atoms with Crippen molar-refractivity contribution in [2.45, 2.75) is 19.4 Å². The highest BCUT2D eigenvalue weighted by atomic mass is 35.5. The van der Waals surface area contributed by atoms with E-state index in [9.17, 15) is 0 Å². The third-order valence-electron chi connectivity index (χ3n) is 3.26. The molecule has 0 saturated carbocycles. The third kappa shape index (κ3) is 3.34. The van der Waals surface area contributed by atoms with Gasteiger partial charge in [-0.25, -0.2) is 4.98 Å². The van der Waals surface area contributed by atoms with Gasteiger partial charge < -0.3 is 15.4 Å². The number of anilines is 1. The summed E-state index contributed by atoms with van der Waals surface area (Å²) in [5, 5.41) is 0.664. The van der Waals surface area contributed by atoms with E-state index in [2.05, 4.69) is 9.88 Å². The van der Waals surface area contributed by atoms with Gasteiger partial charge in [0.05, 0.1) is 11.6 Å². The molecule has 0 radical (unpaired) electrons. The van der Waals surface area contributed by atoms with Crippen LogP contribution < -0.4 is 10.6 Å². The maximum Gasteiger partial charge on any atom is 0.147 e. The Morgan fingerprint density at radius 3 is 3.06 bits per heavy atom. The monoisotopic (exact) mass is 269 g/mol. The van der Waals surface area contributed by atoms with Crippen LogP contribution in [-0.4, -0.2) is 31.8 Å². The van der Waals surface area contributed by atoms with E-state index >= 15 is 0 Å². The fourth-order valence-corrected chi connectivity index (χ4v) is 2.62. The number of pyridine rings is 1. The first-order valence-corrected chi connectivity index (χ1v) is 6.72. The van der Waals surface area contributed by atoms with Gasteiger partial charge in [0.15, 0.2) is 0 Å². The standard InChI is InChI=1S/C13H20ClN3O/c1-17(8-10-3-2-4-18-9-10)13-12(14)5-11(6-15)7-16-13/h5,7,10H,2-4,6,8-9,15H2,1H3. The lowest BCUT2D eigenvalue weighted by Gasteiger charge is -2.28. The zero-order valence-corrected chi connectivity index (χ0v) is 11.5. The van der Waals surface area contributed by atoms with Crippen molar-refractivity contribution in [1.82, 2.24) is 4.98 Å². The van der Waals surface area contributed by atoms with Gasteiger partial charge in [0.25, 0.3) is 0 Å². The van der Waals surface area contributed by atoms with E-state index in [0.29, 0.717) is 17.5 Å². The van der Waals surface area contributed by atoms with Gasteiger partial charge in [0.1, 0.15) is 5.82 Å². The van der Waals surface area contributed by atoms with Crippen LogP contribution in [-0.2, 0) is 11.3 Å². The Kier molecular flexibility index (Phi) is 4.80. The van der Waals surface area contributed by atoms with E-state index in [4.69, 9.17) is 22.1 Å². The number of aromatic nitrogens is 1. The van der Waals surface area contributed by atoms with Gasteiger partial charge in [0.2, 0.25) is 0 Å². The minimum absolute atomic E-state index is 0.465. The van der Waals surface area contributed by atoms with Crippen LogP contribution in [0.15, 0.2) is 12.3 Å². The average molecular weight is 270 g/mol. The zero-order chi connectivity index (χ0) is 13.0. The number of hydrogen-bond donors (Lipinski definition) is 1. The van der Waals surface area contributed by atoms with Crippen LogP contribution in [0, 0.1) is 5.92 Å². The molecule has 0 bridgehead atoms. The van der Waals surface area contributed by atoms with Crippen LogP contribution >= 0.6 is 11.6 Å². The van der Waals surface area contributed by atoms with Crippen molar-refractivity contribution in [3.05, 3.63) is 22.8 Å². The Hall–Kier alpha value is -0.840. The minimum Gasteiger partial charge on any atom is -0.381 e. The lowest BCUT2D eigenvalue weighted by molar-refractivity contribution is 0.0576. The third-order valence-corrected chi connectivity index (χ3v) is 3.54. The van der Waals surface area contributed by atoms with E-state index in [1.54, 1.807) is 6.20 Å². The number of nitrogens with two attached hydrogens (primary N) is 1. The number of hydrogen-bond acceptors (Lipinski definition) is 4. The van der Waals surface area contributed by atoms with E-state index in [1.807, 2.05) is 13.1 Å². The summed E-state index contributed by atoms with van der Waals surface area (Å²) >= 11 is 6.23. The van der Waals surface area contributed by atoms with Crippen LogP contribution in [0.4, 0.5) is 5.82 Å². The molecule has 0 aromatic carbocycles. The second-order valence-corrected chi connectivity index (χ2v) is 5.22. The summed E-state index contributed by atoms with van der Waals surface area (Å²) in [5.41, 5.74) is 6.52. The number of halogens is 1. The predicted octanol–water partition coefficient (Wildman–Crippen LogP) is 2.06. The number of rotatable bonds is 4. The normalized spacial score (nSPS) is 19.8. The summed E-state index contributed by atoms with van der Waals surface area (Å²) in [5.74, 6) is 1.38. The average Bonchev–Trinajstić information content (AvgIpc) is 2.39. The molecule has 0 aliphatic carbocycles. The Bertz CT molecular complexity index is 394. The molecule has 1 fully saturated rings. The molecule has 4 nitrogen and oxygen atoms in total. The summed E-state index contributed by atoms with van der Waals surface area (Å²) in [7, 11) is 2.02. The van der Waals surface area contributed by atoms with E-state index < -0.39 is 0 Å². The molecule has 18 heavy (non-hydrogen) atoms. The fourth-order valence-electron chi connectivity index (χ4n) is 2.29. The van der Waals surface area contributed by atoms with Crippen molar-refractivity contribution in [2.75, 3.05) is 31.7 Å². The Morgan fingerprint density at radius 1 is 1.61 bits per heavy atom. The summed E-state index contributed by atoms with van der Waals surface area (Å²) in [6.45, 7) is 3.12. The van der Waals surface area contributed by atoms with Crippen molar-refractivity contribution in [2.24, 2.45) is 11.7 Å². The van der Waals surface area contributed by atoms with Gasteiger partial charge in [-0.2, -0.15) is 0 Å².